The van der Waals surface area contributed by atoms with Crippen LogP contribution >= 0.6 is 24.0 Å². The summed E-state index contributed by atoms with van der Waals surface area (Å²) in [6.45, 7) is 10.1. The van der Waals surface area contributed by atoms with Gasteiger partial charge in [-0.25, -0.2) is 0 Å². The van der Waals surface area contributed by atoms with E-state index in [2.05, 4.69) is 34.2 Å². The van der Waals surface area contributed by atoms with Crippen LogP contribution in [0.25, 0.3) is 0 Å². The van der Waals surface area contributed by atoms with Crippen LogP contribution < -0.4 is 15.0 Å². The van der Waals surface area contributed by atoms with Gasteiger partial charge < -0.3 is 24.6 Å². The van der Waals surface area contributed by atoms with E-state index in [4.69, 9.17) is 14.5 Å². The average Bonchev–Trinajstić information content (AvgIpc) is 3.48. The molecule has 2 unspecified atom stereocenters. The smallest absolute Gasteiger partial charge is 0.193 e. The van der Waals surface area contributed by atoms with Gasteiger partial charge in [0.1, 0.15) is 5.75 Å². The third-order valence-corrected chi connectivity index (χ3v) is 6.47. The van der Waals surface area contributed by atoms with E-state index < -0.39 is 0 Å². The fourth-order valence-corrected chi connectivity index (χ4v) is 4.82. The van der Waals surface area contributed by atoms with Crippen molar-refractivity contribution in [3.8, 4) is 5.75 Å². The second-order valence-corrected chi connectivity index (χ2v) is 8.44. The maximum atomic E-state index is 5.68. The first-order valence-electron chi connectivity index (χ1n) is 10.7. The van der Waals surface area contributed by atoms with Crippen LogP contribution in [0.3, 0.4) is 0 Å². The van der Waals surface area contributed by atoms with Crippen molar-refractivity contribution in [2.24, 2.45) is 16.3 Å². The molecule has 1 spiro atoms. The van der Waals surface area contributed by atoms with Crippen LogP contribution in [-0.4, -0.2) is 70.5 Å². The minimum atomic E-state index is 0. The van der Waals surface area contributed by atoms with Gasteiger partial charge in [0.05, 0.1) is 19.4 Å². The number of guanidine groups is 1. The van der Waals surface area contributed by atoms with E-state index in [0.29, 0.717) is 11.3 Å². The molecule has 0 aromatic heterocycles. The normalized spacial score (nSPS) is 26.8. The first kappa shape index (κ1) is 22.5. The van der Waals surface area contributed by atoms with E-state index >= 15 is 0 Å². The number of likely N-dealkylation sites (tertiary alicyclic amines) is 1. The Balaban J connectivity index is 0.00000240. The van der Waals surface area contributed by atoms with Gasteiger partial charge in [-0.3, -0.25) is 4.99 Å². The summed E-state index contributed by atoms with van der Waals surface area (Å²) in [7, 11) is 1.75. The highest BCUT2D eigenvalue weighted by atomic mass is 127. The van der Waals surface area contributed by atoms with Crippen molar-refractivity contribution < 1.29 is 9.47 Å². The lowest BCUT2D eigenvalue weighted by Gasteiger charge is -2.25. The molecule has 6 nitrogen and oxygen atoms in total. The van der Waals surface area contributed by atoms with Gasteiger partial charge in [0.2, 0.25) is 0 Å². The number of ether oxygens (including phenoxy) is 2. The van der Waals surface area contributed by atoms with Crippen LogP contribution in [-0.2, 0) is 4.74 Å². The molecule has 29 heavy (non-hydrogen) atoms. The zero-order valence-electron chi connectivity index (χ0n) is 17.7. The Morgan fingerprint density at radius 2 is 2.17 bits per heavy atom. The van der Waals surface area contributed by atoms with Gasteiger partial charge >= 0.3 is 0 Å². The standard InChI is InChI=1S/C22H34N4O2.HI/c1-3-23-21(26-12-9-22(16-26)10-13-28-17-22)24-14-18-8-11-25(15-18)19-6-4-5-7-20(19)27-2;/h4-7,18H,3,8-17H2,1-2H3,(H,23,24);1H. The molecule has 4 rings (SSSR count). The predicted molar refractivity (Wildman–Crippen MR) is 129 cm³/mol. The predicted octanol–water partition coefficient (Wildman–Crippen LogP) is 3.22. The quantitative estimate of drug-likeness (QED) is 0.372. The Morgan fingerprint density at radius 1 is 1.31 bits per heavy atom. The minimum absolute atomic E-state index is 0. The molecule has 1 N–H and O–H groups in total. The summed E-state index contributed by atoms with van der Waals surface area (Å²) < 4.78 is 11.2. The summed E-state index contributed by atoms with van der Waals surface area (Å²) in [5, 5.41) is 3.52. The van der Waals surface area contributed by atoms with Crippen LogP contribution in [0.2, 0.25) is 0 Å². The molecule has 1 aromatic carbocycles. The number of benzene rings is 1. The third kappa shape index (κ3) is 5.10. The summed E-state index contributed by atoms with van der Waals surface area (Å²) >= 11 is 0. The lowest BCUT2D eigenvalue weighted by Crippen LogP contribution is -2.41. The molecule has 0 amide bonds. The van der Waals surface area contributed by atoms with E-state index in [1.54, 1.807) is 7.11 Å². The summed E-state index contributed by atoms with van der Waals surface area (Å²) in [6, 6.07) is 8.31. The van der Waals surface area contributed by atoms with Gasteiger partial charge in [-0.15, -0.1) is 24.0 Å². The van der Waals surface area contributed by atoms with Crippen LogP contribution in [0.4, 0.5) is 5.69 Å². The summed E-state index contributed by atoms with van der Waals surface area (Å²) in [5.74, 6) is 2.63. The van der Waals surface area contributed by atoms with Crippen LogP contribution in [0.15, 0.2) is 29.3 Å². The SMILES string of the molecule is CCNC(=NCC1CCN(c2ccccc2OC)C1)N1CCC2(CCOC2)C1.I. The van der Waals surface area contributed by atoms with Gasteiger partial charge in [0.25, 0.3) is 0 Å². The van der Waals surface area contributed by atoms with Crippen LogP contribution in [0.1, 0.15) is 26.2 Å². The average molecular weight is 514 g/mol. The maximum Gasteiger partial charge on any atom is 0.193 e. The van der Waals surface area contributed by atoms with E-state index in [1.807, 2.05) is 12.1 Å². The van der Waals surface area contributed by atoms with E-state index in [0.717, 1.165) is 64.2 Å². The number of methoxy groups -OCH3 is 1. The molecule has 0 bridgehead atoms. The van der Waals surface area contributed by atoms with Crippen molar-refractivity contribution in [1.29, 1.82) is 0 Å². The monoisotopic (exact) mass is 514 g/mol. The molecule has 3 heterocycles. The number of hydrogen-bond donors (Lipinski definition) is 1. The second kappa shape index (κ2) is 10.2. The number of rotatable bonds is 5. The number of nitrogens with one attached hydrogen (secondary N) is 1. The lowest BCUT2D eigenvalue weighted by molar-refractivity contribution is 0.156. The summed E-state index contributed by atoms with van der Waals surface area (Å²) in [6.07, 6.45) is 3.60. The maximum absolute atomic E-state index is 5.68. The van der Waals surface area contributed by atoms with E-state index in [1.165, 1.54) is 24.9 Å². The molecule has 1 aromatic rings. The van der Waals surface area contributed by atoms with Gasteiger partial charge in [0, 0.05) is 51.3 Å². The number of anilines is 1. The van der Waals surface area contributed by atoms with Crippen LogP contribution in [0, 0.1) is 11.3 Å². The number of para-hydroxylation sites is 2. The number of hydrogen-bond acceptors (Lipinski definition) is 4. The molecule has 3 saturated heterocycles. The van der Waals surface area contributed by atoms with Gasteiger partial charge in [-0.1, -0.05) is 12.1 Å². The Hall–Kier alpha value is -1.22. The summed E-state index contributed by atoms with van der Waals surface area (Å²) in [5.41, 5.74) is 1.57. The highest BCUT2D eigenvalue weighted by molar-refractivity contribution is 14.0. The fourth-order valence-electron chi connectivity index (χ4n) is 4.82. The number of halogens is 1. The Kier molecular flexibility index (Phi) is 7.90. The molecule has 3 aliphatic rings. The van der Waals surface area contributed by atoms with Gasteiger partial charge in [-0.2, -0.15) is 0 Å². The largest absolute Gasteiger partial charge is 0.495 e. The number of nitrogens with zero attached hydrogens (tertiary/aromatic N) is 3. The molecule has 0 radical (unpaired) electrons. The van der Waals surface area contributed by atoms with Gasteiger partial charge in [0.15, 0.2) is 5.96 Å². The van der Waals surface area contributed by atoms with Crippen molar-refractivity contribution in [2.75, 3.05) is 64.5 Å². The topological polar surface area (TPSA) is 49.3 Å². The Bertz CT molecular complexity index is 693. The van der Waals surface area contributed by atoms with Crippen molar-refractivity contribution in [1.82, 2.24) is 10.2 Å². The van der Waals surface area contributed by atoms with Crippen molar-refractivity contribution in [3.63, 3.8) is 0 Å². The highest BCUT2D eigenvalue weighted by Crippen LogP contribution is 2.38. The van der Waals surface area contributed by atoms with Crippen LogP contribution in [0.5, 0.6) is 5.75 Å². The highest BCUT2D eigenvalue weighted by Gasteiger charge is 2.42. The molecule has 0 saturated carbocycles. The first-order chi connectivity index (χ1) is 13.7. The van der Waals surface area contributed by atoms with Crippen molar-refractivity contribution >= 4 is 35.6 Å². The second-order valence-electron chi connectivity index (χ2n) is 8.44. The molecule has 0 aliphatic carbocycles. The molecular formula is C22H35IN4O2. The molecule has 162 valence electrons. The van der Waals surface area contributed by atoms with E-state index in [-0.39, 0.29) is 24.0 Å². The van der Waals surface area contributed by atoms with Gasteiger partial charge in [-0.05, 0) is 44.2 Å². The third-order valence-electron chi connectivity index (χ3n) is 6.47. The summed E-state index contributed by atoms with van der Waals surface area (Å²) in [4.78, 5) is 9.92. The van der Waals surface area contributed by atoms with Crippen molar-refractivity contribution in [2.45, 2.75) is 26.2 Å². The molecule has 3 fully saturated rings. The zero-order chi connectivity index (χ0) is 19.4. The zero-order valence-corrected chi connectivity index (χ0v) is 20.1. The first-order valence-corrected chi connectivity index (χ1v) is 10.7. The Labute approximate surface area is 192 Å². The molecule has 7 heteroatoms. The van der Waals surface area contributed by atoms with E-state index in [9.17, 15) is 0 Å². The molecular weight excluding hydrogens is 479 g/mol. The number of aliphatic imine (C=N–C) groups is 1. The minimum Gasteiger partial charge on any atom is -0.495 e. The Morgan fingerprint density at radius 3 is 2.93 bits per heavy atom. The molecule has 2 atom stereocenters. The fraction of sp³-hybridized carbons (Fsp3) is 0.682. The molecule has 3 aliphatic heterocycles. The lowest BCUT2D eigenvalue weighted by atomic mass is 9.87. The van der Waals surface area contributed by atoms with Crippen molar-refractivity contribution in [3.05, 3.63) is 24.3 Å².